The molecular weight excluding hydrogens is 361 g/mol. The molecule has 0 aliphatic carbocycles. The molecule has 0 spiro atoms. The van der Waals surface area contributed by atoms with E-state index < -0.39 is 5.97 Å². The molecule has 0 saturated carbocycles. The van der Waals surface area contributed by atoms with Crippen LogP contribution in [0.3, 0.4) is 0 Å². The number of carbonyl (C=O) groups is 1. The van der Waals surface area contributed by atoms with Crippen LogP contribution in [0.5, 0.6) is 5.75 Å². The number of hydrogen-bond donors (Lipinski definition) is 0. The third-order valence-electron chi connectivity index (χ3n) is 3.44. The van der Waals surface area contributed by atoms with Gasteiger partial charge in [-0.2, -0.15) is 0 Å². The number of nitrogens with zero attached hydrogens (tertiary/aromatic N) is 1. The molecule has 0 bridgehead atoms. The summed E-state index contributed by atoms with van der Waals surface area (Å²) in [6.07, 6.45) is 4.94. The topological polar surface area (TPSA) is 47.9 Å². The van der Waals surface area contributed by atoms with Crippen molar-refractivity contribution in [3.05, 3.63) is 75.4 Å². The van der Waals surface area contributed by atoms with Crippen LogP contribution in [0.25, 0.3) is 12.2 Å². The maximum atomic E-state index is 12.0. The highest BCUT2D eigenvalue weighted by atomic mass is 35.5. The van der Waals surface area contributed by atoms with Crippen molar-refractivity contribution >= 4 is 47.2 Å². The van der Waals surface area contributed by atoms with Crippen LogP contribution < -0.4 is 4.74 Å². The number of aliphatic imine (C=N–C) groups is 1. The van der Waals surface area contributed by atoms with E-state index >= 15 is 0 Å². The molecule has 0 atom stereocenters. The Labute approximate surface area is 155 Å². The summed E-state index contributed by atoms with van der Waals surface area (Å²) in [6, 6.07) is 12.5. The Balaban J connectivity index is 1.85. The van der Waals surface area contributed by atoms with Gasteiger partial charge in [0.2, 0.25) is 5.90 Å². The van der Waals surface area contributed by atoms with Crippen molar-refractivity contribution in [1.29, 1.82) is 0 Å². The number of esters is 1. The molecule has 0 fully saturated rings. The Bertz CT molecular complexity index is 917. The molecule has 0 amide bonds. The van der Waals surface area contributed by atoms with Gasteiger partial charge in [0, 0.05) is 21.7 Å². The van der Waals surface area contributed by atoms with E-state index in [1.807, 2.05) is 24.3 Å². The van der Waals surface area contributed by atoms with Gasteiger partial charge in [-0.15, -0.1) is 0 Å². The average molecular weight is 374 g/mol. The highest BCUT2D eigenvalue weighted by Gasteiger charge is 2.21. The van der Waals surface area contributed by atoms with Gasteiger partial charge in [0.1, 0.15) is 5.75 Å². The van der Waals surface area contributed by atoms with E-state index in [2.05, 4.69) is 4.99 Å². The highest BCUT2D eigenvalue weighted by molar-refractivity contribution is 6.35. The molecule has 0 unspecified atom stereocenters. The summed E-state index contributed by atoms with van der Waals surface area (Å²) in [5.74, 6) is 0.380. The van der Waals surface area contributed by atoms with Gasteiger partial charge in [0.05, 0.1) is 7.11 Å². The quantitative estimate of drug-likeness (QED) is 0.558. The number of methoxy groups -OCH3 is 1. The second kappa shape index (κ2) is 7.55. The van der Waals surface area contributed by atoms with Crippen LogP contribution in [0.2, 0.25) is 10.0 Å². The first-order valence-electron chi connectivity index (χ1n) is 7.35. The standard InChI is InChI=1S/C19H13Cl2NO3/c1-24-17-5-3-2-4-12(17)7-9-18-22-16(19(23)25-18)10-13-6-8-14(20)11-15(13)21/h2-11H,1H3. The third-order valence-corrected chi connectivity index (χ3v) is 4.00. The van der Waals surface area contributed by atoms with Crippen molar-refractivity contribution in [2.45, 2.75) is 0 Å². The van der Waals surface area contributed by atoms with Crippen molar-refractivity contribution in [3.8, 4) is 5.75 Å². The largest absolute Gasteiger partial charge is 0.496 e. The second-order valence-corrected chi connectivity index (χ2v) is 5.95. The minimum Gasteiger partial charge on any atom is -0.496 e. The molecular formula is C19H13Cl2NO3. The number of para-hydroxylation sites is 1. The Morgan fingerprint density at radius 2 is 1.88 bits per heavy atom. The maximum absolute atomic E-state index is 12.0. The number of rotatable bonds is 4. The lowest BCUT2D eigenvalue weighted by atomic mass is 10.2. The van der Waals surface area contributed by atoms with Gasteiger partial charge in [-0.3, -0.25) is 0 Å². The molecule has 0 aromatic heterocycles. The molecule has 0 N–H and O–H groups in total. The van der Waals surface area contributed by atoms with E-state index in [4.69, 9.17) is 32.7 Å². The van der Waals surface area contributed by atoms with Crippen LogP contribution in [0, 0.1) is 0 Å². The summed E-state index contributed by atoms with van der Waals surface area (Å²) in [7, 11) is 1.59. The van der Waals surface area contributed by atoms with Gasteiger partial charge < -0.3 is 9.47 Å². The van der Waals surface area contributed by atoms with E-state index in [0.717, 1.165) is 5.56 Å². The fourth-order valence-corrected chi connectivity index (χ4v) is 2.69. The van der Waals surface area contributed by atoms with Gasteiger partial charge in [-0.1, -0.05) is 47.5 Å². The summed E-state index contributed by atoms with van der Waals surface area (Å²) in [5.41, 5.74) is 1.66. The fraction of sp³-hybridized carbons (Fsp3) is 0.0526. The van der Waals surface area contributed by atoms with Crippen LogP contribution in [0.4, 0.5) is 0 Å². The zero-order chi connectivity index (χ0) is 17.8. The predicted octanol–water partition coefficient (Wildman–Crippen LogP) is 5.01. The molecule has 126 valence electrons. The number of carbonyl (C=O) groups excluding carboxylic acids is 1. The summed E-state index contributed by atoms with van der Waals surface area (Å²) in [6.45, 7) is 0. The number of halogens is 2. The van der Waals surface area contributed by atoms with Crippen molar-refractivity contribution in [2.24, 2.45) is 4.99 Å². The number of benzene rings is 2. The zero-order valence-corrected chi connectivity index (χ0v) is 14.7. The molecule has 1 aliphatic heterocycles. The van der Waals surface area contributed by atoms with Crippen molar-refractivity contribution in [1.82, 2.24) is 0 Å². The lowest BCUT2D eigenvalue weighted by molar-refractivity contribution is -0.129. The smallest absolute Gasteiger partial charge is 0.363 e. The zero-order valence-electron chi connectivity index (χ0n) is 13.2. The maximum Gasteiger partial charge on any atom is 0.363 e. The monoisotopic (exact) mass is 373 g/mol. The van der Waals surface area contributed by atoms with Gasteiger partial charge in [-0.05, 0) is 35.9 Å². The lowest BCUT2D eigenvalue weighted by Crippen LogP contribution is -2.01. The first-order chi connectivity index (χ1) is 12.1. The van der Waals surface area contributed by atoms with Crippen LogP contribution in [0.1, 0.15) is 11.1 Å². The van der Waals surface area contributed by atoms with Gasteiger partial charge in [0.15, 0.2) is 5.70 Å². The van der Waals surface area contributed by atoms with E-state index in [9.17, 15) is 4.79 Å². The molecule has 6 heteroatoms. The number of cyclic esters (lactones) is 1. The molecule has 3 rings (SSSR count). The second-order valence-electron chi connectivity index (χ2n) is 5.11. The van der Waals surface area contributed by atoms with Crippen LogP contribution >= 0.6 is 23.2 Å². The lowest BCUT2D eigenvalue weighted by Gasteiger charge is -2.02. The SMILES string of the molecule is COc1ccccc1C=CC1=NC(=Cc2ccc(Cl)cc2Cl)C(=O)O1. The molecule has 4 nitrogen and oxygen atoms in total. The molecule has 2 aromatic carbocycles. The highest BCUT2D eigenvalue weighted by Crippen LogP contribution is 2.25. The predicted molar refractivity (Wildman–Crippen MR) is 100.0 cm³/mol. The van der Waals surface area contributed by atoms with Crippen molar-refractivity contribution in [3.63, 3.8) is 0 Å². The van der Waals surface area contributed by atoms with Crippen LogP contribution in [-0.2, 0) is 9.53 Å². The third kappa shape index (κ3) is 4.10. The first-order valence-corrected chi connectivity index (χ1v) is 8.11. The fourth-order valence-electron chi connectivity index (χ4n) is 2.23. The minimum atomic E-state index is -0.536. The van der Waals surface area contributed by atoms with E-state index in [-0.39, 0.29) is 11.6 Å². The molecule has 1 heterocycles. The number of hydrogen-bond acceptors (Lipinski definition) is 4. The molecule has 2 aromatic rings. The molecule has 0 radical (unpaired) electrons. The minimum absolute atomic E-state index is 0.170. The number of ether oxygens (including phenoxy) is 2. The van der Waals surface area contributed by atoms with Crippen molar-refractivity contribution in [2.75, 3.05) is 7.11 Å². The Kier molecular flexibility index (Phi) is 5.22. The van der Waals surface area contributed by atoms with Crippen molar-refractivity contribution < 1.29 is 14.3 Å². The molecule has 1 aliphatic rings. The van der Waals surface area contributed by atoms with Gasteiger partial charge in [-0.25, -0.2) is 9.79 Å². The van der Waals surface area contributed by atoms with Gasteiger partial charge in [0.25, 0.3) is 0 Å². The normalized spacial score (nSPS) is 15.6. The van der Waals surface area contributed by atoms with E-state index in [0.29, 0.717) is 21.4 Å². The first kappa shape index (κ1) is 17.3. The summed E-state index contributed by atoms with van der Waals surface area (Å²) < 4.78 is 10.4. The summed E-state index contributed by atoms with van der Waals surface area (Å²) >= 11 is 12.0. The summed E-state index contributed by atoms with van der Waals surface area (Å²) in [4.78, 5) is 16.2. The summed E-state index contributed by atoms with van der Waals surface area (Å²) in [5, 5.41) is 0.950. The molecule has 0 saturated heterocycles. The van der Waals surface area contributed by atoms with E-state index in [1.54, 1.807) is 43.5 Å². The van der Waals surface area contributed by atoms with E-state index in [1.165, 1.54) is 0 Å². The Morgan fingerprint density at radius 3 is 2.64 bits per heavy atom. The van der Waals surface area contributed by atoms with Crippen LogP contribution in [-0.4, -0.2) is 19.0 Å². The molecule has 25 heavy (non-hydrogen) atoms. The average Bonchev–Trinajstić information content (AvgIpc) is 2.95. The van der Waals surface area contributed by atoms with Crippen LogP contribution in [0.15, 0.2) is 59.2 Å². The Hall–Kier alpha value is -2.56. The van der Waals surface area contributed by atoms with Gasteiger partial charge >= 0.3 is 5.97 Å². The Morgan fingerprint density at radius 1 is 1.08 bits per heavy atom.